The summed E-state index contributed by atoms with van der Waals surface area (Å²) in [7, 11) is 0. The van der Waals surface area contributed by atoms with Gasteiger partial charge in [0.05, 0.1) is 23.1 Å². The number of carbonyl (C=O) groups is 1. The highest BCUT2D eigenvalue weighted by Gasteiger charge is 2.41. The van der Waals surface area contributed by atoms with Crippen LogP contribution in [0.2, 0.25) is 0 Å². The van der Waals surface area contributed by atoms with E-state index < -0.39 is 28.9 Å². The number of anilines is 1. The first kappa shape index (κ1) is 21.1. The molecular weight excluding hydrogens is 455 g/mol. The van der Waals surface area contributed by atoms with E-state index in [2.05, 4.69) is 35.3 Å². The molecule has 0 aliphatic heterocycles. The SMILES string of the molecule is O=C(Nc1ccnc(-c2cnon2)c1)c1cnn(-c2cccc3c(=O)[nH]ccc23)c1C(F)(F)F. The molecule has 1 aromatic carbocycles. The predicted octanol–water partition coefficient (Wildman–Crippen LogP) is 3.43. The van der Waals surface area contributed by atoms with Gasteiger partial charge in [0.1, 0.15) is 6.20 Å². The number of carbonyl (C=O) groups excluding carboxylic acids is 1. The fourth-order valence-electron chi connectivity index (χ4n) is 3.48. The van der Waals surface area contributed by atoms with Gasteiger partial charge in [-0.3, -0.25) is 14.6 Å². The van der Waals surface area contributed by atoms with Crippen LogP contribution in [0.1, 0.15) is 16.1 Å². The Balaban J connectivity index is 1.57. The molecule has 10 nitrogen and oxygen atoms in total. The van der Waals surface area contributed by atoms with Gasteiger partial charge in [0.15, 0.2) is 11.4 Å². The van der Waals surface area contributed by atoms with Gasteiger partial charge in [-0.05, 0) is 35.5 Å². The monoisotopic (exact) mass is 467 g/mol. The lowest BCUT2D eigenvalue weighted by molar-refractivity contribution is -0.143. The zero-order chi connectivity index (χ0) is 23.9. The second-order valence-corrected chi connectivity index (χ2v) is 7.04. The van der Waals surface area contributed by atoms with Gasteiger partial charge in [-0.1, -0.05) is 11.2 Å². The van der Waals surface area contributed by atoms with Crippen molar-refractivity contribution in [2.75, 3.05) is 5.32 Å². The summed E-state index contributed by atoms with van der Waals surface area (Å²) in [5.41, 5.74) is -1.69. The quantitative estimate of drug-likeness (QED) is 0.414. The largest absolute Gasteiger partial charge is 0.434 e. The van der Waals surface area contributed by atoms with Crippen molar-refractivity contribution in [3.63, 3.8) is 0 Å². The van der Waals surface area contributed by atoms with Crippen molar-refractivity contribution in [1.29, 1.82) is 0 Å². The molecule has 0 radical (unpaired) electrons. The molecule has 4 heterocycles. The molecule has 13 heteroatoms. The van der Waals surface area contributed by atoms with Gasteiger partial charge in [-0.25, -0.2) is 9.31 Å². The van der Waals surface area contributed by atoms with Crippen molar-refractivity contribution in [1.82, 2.24) is 30.1 Å². The van der Waals surface area contributed by atoms with Crippen molar-refractivity contribution in [3.05, 3.63) is 82.8 Å². The normalized spacial score (nSPS) is 11.6. The Labute approximate surface area is 187 Å². The molecule has 0 saturated heterocycles. The van der Waals surface area contributed by atoms with Crippen LogP contribution in [-0.2, 0) is 6.18 Å². The van der Waals surface area contributed by atoms with Crippen molar-refractivity contribution >= 4 is 22.4 Å². The van der Waals surface area contributed by atoms with E-state index in [4.69, 9.17) is 0 Å². The van der Waals surface area contributed by atoms with Gasteiger partial charge in [0.25, 0.3) is 11.5 Å². The summed E-state index contributed by atoms with van der Waals surface area (Å²) in [4.78, 5) is 31.5. The van der Waals surface area contributed by atoms with E-state index in [0.29, 0.717) is 10.4 Å². The standard InChI is InChI=1S/C21H12F3N7O3/c22-21(23,24)18-14(20(33)29-11-4-6-25-15(8-11)16-10-28-34-30-16)9-27-31(18)17-3-1-2-13-12(17)5-7-26-19(13)32/h1-10H,(H,26,32)(H,25,29,33). The summed E-state index contributed by atoms with van der Waals surface area (Å²) < 4.78 is 47.5. The minimum absolute atomic E-state index is 0.000274. The lowest BCUT2D eigenvalue weighted by Gasteiger charge is -2.14. The Morgan fingerprint density at radius 2 is 1.94 bits per heavy atom. The molecule has 0 aliphatic carbocycles. The third-order valence-electron chi connectivity index (χ3n) is 4.94. The molecule has 0 saturated carbocycles. The number of rotatable bonds is 4. The fourth-order valence-corrected chi connectivity index (χ4v) is 3.48. The number of benzene rings is 1. The Kier molecular flexibility index (Phi) is 4.93. The second-order valence-electron chi connectivity index (χ2n) is 7.04. The highest BCUT2D eigenvalue weighted by molar-refractivity contribution is 6.05. The molecular formula is C21H12F3N7O3. The van der Waals surface area contributed by atoms with E-state index in [1.807, 2.05) is 0 Å². The molecule has 34 heavy (non-hydrogen) atoms. The van der Waals surface area contributed by atoms with Crippen molar-refractivity contribution in [2.45, 2.75) is 6.18 Å². The number of alkyl halides is 3. The number of amides is 1. The highest BCUT2D eigenvalue weighted by Crippen LogP contribution is 2.35. The number of hydrogen-bond acceptors (Lipinski definition) is 7. The van der Waals surface area contributed by atoms with Crippen LogP contribution in [0.5, 0.6) is 0 Å². The summed E-state index contributed by atoms with van der Waals surface area (Å²) in [5.74, 6) is -1.04. The number of hydrogen-bond donors (Lipinski definition) is 2. The first-order valence-electron chi connectivity index (χ1n) is 9.64. The minimum atomic E-state index is -4.93. The van der Waals surface area contributed by atoms with Crippen LogP contribution in [0.4, 0.5) is 18.9 Å². The van der Waals surface area contributed by atoms with Crippen molar-refractivity contribution in [3.8, 4) is 17.1 Å². The molecule has 0 fully saturated rings. The Bertz CT molecular complexity index is 1570. The molecule has 4 aromatic heterocycles. The predicted molar refractivity (Wildman–Crippen MR) is 112 cm³/mol. The van der Waals surface area contributed by atoms with Crippen LogP contribution in [0.3, 0.4) is 0 Å². The van der Waals surface area contributed by atoms with Crippen LogP contribution in [-0.4, -0.2) is 36.0 Å². The van der Waals surface area contributed by atoms with Crippen LogP contribution < -0.4 is 10.9 Å². The fraction of sp³-hybridized carbons (Fsp3) is 0.0476. The Hall–Kier alpha value is -4.81. The van der Waals surface area contributed by atoms with Gasteiger partial charge < -0.3 is 10.3 Å². The molecule has 0 unspecified atom stereocenters. The van der Waals surface area contributed by atoms with E-state index in [-0.39, 0.29) is 27.8 Å². The molecule has 0 aliphatic rings. The van der Waals surface area contributed by atoms with Gasteiger partial charge in [-0.15, -0.1) is 0 Å². The van der Waals surface area contributed by atoms with E-state index in [0.717, 1.165) is 6.20 Å². The molecule has 2 N–H and O–H groups in total. The lowest BCUT2D eigenvalue weighted by atomic mass is 10.1. The van der Waals surface area contributed by atoms with Gasteiger partial charge in [0, 0.05) is 28.9 Å². The van der Waals surface area contributed by atoms with Crippen LogP contribution in [0.25, 0.3) is 27.8 Å². The zero-order valence-corrected chi connectivity index (χ0v) is 16.9. The first-order chi connectivity index (χ1) is 16.3. The average Bonchev–Trinajstić information content (AvgIpc) is 3.50. The van der Waals surface area contributed by atoms with Gasteiger partial charge in [0.2, 0.25) is 0 Å². The Morgan fingerprint density at radius 3 is 2.71 bits per heavy atom. The number of nitrogens with zero attached hydrogens (tertiary/aromatic N) is 5. The summed E-state index contributed by atoms with van der Waals surface area (Å²) in [6.45, 7) is 0. The number of pyridine rings is 2. The molecule has 1 amide bonds. The van der Waals surface area contributed by atoms with E-state index >= 15 is 0 Å². The maximum Gasteiger partial charge on any atom is 0.434 e. The van der Waals surface area contributed by atoms with Crippen LogP contribution in [0, 0.1) is 0 Å². The average molecular weight is 467 g/mol. The van der Waals surface area contributed by atoms with Crippen LogP contribution in [0.15, 0.2) is 70.6 Å². The van der Waals surface area contributed by atoms with E-state index in [1.54, 1.807) is 0 Å². The van der Waals surface area contributed by atoms with Gasteiger partial charge >= 0.3 is 6.18 Å². The third-order valence-corrected chi connectivity index (χ3v) is 4.94. The number of aromatic nitrogens is 6. The number of halogens is 3. The molecule has 0 spiro atoms. The lowest BCUT2D eigenvalue weighted by Crippen LogP contribution is -2.21. The summed E-state index contributed by atoms with van der Waals surface area (Å²) in [6.07, 6.45) is -0.129. The maximum absolute atomic E-state index is 14.1. The molecule has 0 atom stereocenters. The maximum atomic E-state index is 14.1. The smallest absolute Gasteiger partial charge is 0.329 e. The summed E-state index contributed by atoms with van der Waals surface area (Å²) in [5, 5.41) is 13.8. The van der Waals surface area contributed by atoms with E-state index in [9.17, 15) is 22.8 Å². The number of H-pyrrole nitrogens is 1. The molecule has 5 rings (SSSR count). The number of fused-ring (bicyclic) bond motifs is 1. The first-order valence-corrected chi connectivity index (χ1v) is 9.64. The van der Waals surface area contributed by atoms with Crippen LogP contribution >= 0.6 is 0 Å². The third kappa shape index (κ3) is 3.68. The summed E-state index contributed by atoms with van der Waals surface area (Å²) in [6, 6.07) is 8.58. The number of nitrogens with one attached hydrogen (secondary N) is 2. The summed E-state index contributed by atoms with van der Waals surface area (Å²) >= 11 is 0. The minimum Gasteiger partial charge on any atom is -0.329 e. The van der Waals surface area contributed by atoms with E-state index in [1.165, 1.54) is 55.0 Å². The molecule has 170 valence electrons. The number of aromatic amines is 1. The van der Waals surface area contributed by atoms with Crippen molar-refractivity contribution in [2.24, 2.45) is 0 Å². The molecule has 5 aromatic rings. The van der Waals surface area contributed by atoms with Crippen molar-refractivity contribution < 1.29 is 22.6 Å². The highest BCUT2D eigenvalue weighted by atomic mass is 19.4. The zero-order valence-electron chi connectivity index (χ0n) is 16.9. The second kappa shape index (κ2) is 7.95. The topological polar surface area (TPSA) is 132 Å². The molecule has 0 bridgehead atoms. The van der Waals surface area contributed by atoms with Gasteiger partial charge in [-0.2, -0.15) is 18.3 Å². The Morgan fingerprint density at radius 1 is 1.09 bits per heavy atom.